The highest BCUT2D eigenvalue weighted by atomic mass is 16.3. The third kappa shape index (κ3) is 5.89. The first-order chi connectivity index (χ1) is 8.11. The molecule has 0 aliphatic rings. The van der Waals surface area contributed by atoms with Gasteiger partial charge in [-0.3, -0.25) is 0 Å². The van der Waals surface area contributed by atoms with Crippen molar-refractivity contribution in [1.29, 1.82) is 0 Å². The predicted octanol–water partition coefficient (Wildman–Crippen LogP) is 2.72. The van der Waals surface area contributed by atoms with Gasteiger partial charge in [-0.2, -0.15) is 0 Å². The van der Waals surface area contributed by atoms with E-state index in [9.17, 15) is 0 Å². The molecule has 0 aliphatic carbocycles. The Kier molecular flexibility index (Phi) is 6.30. The topological polar surface area (TPSA) is 42.4 Å². The molecule has 1 unspecified atom stereocenters. The predicted molar refractivity (Wildman–Crippen MR) is 71.7 cm³/mol. The van der Waals surface area contributed by atoms with Gasteiger partial charge in [0.15, 0.2) is 0 Å². The van der Waals surface area contributed by atoms with Gasteiger partial charge in [-0.25, -0.2) is 0 Å². The first kappa shape index (κ1) is 14.3. The first-order valence-electron chi connectivity index (χ1n) is 6.51. The van der Waals surface area contributed by atoms with Gasteiger partial charge < -0.3 is 15.1 Å². The van der Waals surface area contributed by atoms with Crippen LogP contribution in [0, 0.1) is 11.8 Å². The molecule has 0 saturated heterocycles. The van der Waals surface area contributed by atoms with Crippen molar-refractivity contribution in [3.8, 4) is 0 Å². The summed E-state index contributed by atoms with van der Waals surface area (Å²) in [6.07, 6.45) is 5.95. The largest absolute Gasteiger partial charge is 0.472 e. The minimum absolute atomic E-state index is 0.654. The molecule has 1 heterocycles. The number of nitrogens with two attached hydrogens (primary N) is 1. The maximum atomic E-state index is 5.81. The van der Waals surface area contributed by atoms with Crippen molar-refractivity contribution in [3.05, 3.63) is 24.2 Å². The Labute approximate surface area is 105 Å². The quantitative estimate of drug-likeness (QED) is 0.757. The lowest BCUT2D eigenvalue weighted by Gasteiger charge is -2.21. The van der Waals surface area contributed by atoms with E-state index in [2.05, 4.69) is 25.8 Å². The fraction of sp³-hybridized carbons (Fsp3) is 0.714. The third-order valence-electron chi connectivity index (χ3n) is 3.09. The molecular formula is C14H26N2O. The first-order valence-corrected chi connectivity index (χ1v) is 6.51. The van der Waals surface area contributed by atoms with Crippen LogP contribution in [0.5, 0.6) is 0 Å². The maximum absolute atomic E-state index is 5.81. The van der Waals surface area contributed by atoms with E-state index >= 15 is 0 Å². The number of furan rings is 1. The second kappa shape index (κ2) is 7.51. The van der Waals surface area contributed by atoms with Gasteiger partial charge >= 0.3 is 0 Å². The molecule has 1 atom stereocenters. The lowest BCUT2D eigenvalue weighted by atomic mass is 9.94. The van der Waals surface area contributed by atoms with Crippen LogP contribution >= 0.6 is 0 Å². The Balaban J connectivity index is 2.24. The molecule has 0 fully saturated rings. The standard InChI is InChI=1S/C14H26N2O/c1-12(2)8-13(9-15)4-6-16(3)10-14-5-7-17-11-14/h5,7,11-13H,4,6,8-10,15H2,1-3H3. The summed E-state index contributed by atoms with van der Waals surface area (Å²) in [6.45, 7) is 7.38. The van der Waals surface area contributed by atoms with E-state index in [-0.39, 0.29) is 0 Å². The Bertz CT molecular complexity index is 282. The van der Waals surface area contributed by atoms with Crippen molar-refractivity contribution in [2.45, 2.75) is 33.2 Å². The summed E-state index contributed by atoms with van der Waals surface area (Å²) in [6, 6.07) is 2.02. The second-order valence-electron chi connectivity index (χ2n) is 5.39. The molecule has 1 aromatic rings. The van der Waals surface area contributed by atoms with Crippen LogP contribution in [0.4, 0.5) is 0 Å². The summed E-state index contributed by atoms with van der Waals surface area (Å²) in [4.78, 5) is 2.33. The molecule has 0 amide bonds. The van der Waals surface area contributed by atoms with Gasteiger partial charge in [-0.15, -0.1) is 0 Å². The van der Waals surface area contributed by atoms with Crippen LogP contribution < -0.4 is 5.73 Å². The van der Waals surface area contributed by atoms with Crippen LogP contribution in [0.2, 0.25) is 0 Å². The molecule has 0 aromatic carbocycles. The number of nitrogens with zero attached hydrogens (tertiary/aromatic N) is 1. The van der Waals surface area contributed by atoms with E-state index in [4.69, 9.17) is 10.2 Å². The zero-order chi connectivity index (χ0) is 12.7. The summed E-state index contributed by atoms with van der Waals surface area (Å²) in [5.41, 5.74) is 7.05. The van der Waals surface area contributed by atoms with Gasteiger partial charge in [-0.1, -0.05) is 13.8 Å². The molecule has 3 nitrogen and oxygen atoms in total. The lowest BCUT2D eigenvalue weighted by Crippen LogP contribution is -2.25. The molecule has 0 spiro atoms. The minimum Gasteiger partial charge on any atom is -0.472 e. The van der Waals surface area contributed by atoms with Crippen molar-refractivity contribution in [2.75, 3.05) is 20.1 Å². The average molecular weight is 238 g/mol. The van der Waals surface area contributed by atoms with Crippen LogP contribution in [0.1, 0.15) is 32.3 Å². The molecule has 0 bridgehead atoms. The molecule has 98 valence electrons. The second-order valence-corrected chi connectivity index (χ2v) is 5.39. The molecule has 1 aromatic heterocycles. The Hall–Kier alpha value is -0.800. The van der Waals surface area contributed by atoms with Gasteiger partial charge in [0.25, 0.3) is 0 Å². The molecule has 17 heavy (non-hydrogen) atoms. The van der Waals surface area contributed by atoms with Crippen molar-refractivity contribution < 1.29 is 4.42 Å². The highest BCUT2D eigenvalue weighted by Crippen LogP contribution is 2.15. The fourth-order valence-corrected chi connectivity index (χ4v) is 2.17. The number of hydrogen-bond donors (Lipinski definition) is 1. The third-order valence-corrected chi connectivity index (χ3v) is 3.09. The Morgan fingerprint density at radius 3 is 2.71 bits per heavy atom. The fourth-order valence-electron chi connectivity index (χ4n) is 2.17. The molecule has 3 heteroatoms. The number of hydrogen-bond acceptors (Lipinski definition) is 3. The van der Waals surface area contributed by atoms with Crippen LogP contribution in [0.15, 0.2) is 23.0 Å². The summed E-state index contributed by atoms with van der Waals surface area (Å²) in [7, 11) is 2.15. The smallest absolute Gasteiger partial charge is 0.0947 e. The molecule has 0 saturated carbocycles. The van der Waals surface area contributed by atoms with Crippen LogP contribution in [0.25, 0.3) is 0 Å². The molecule has 0 radical (unpaired) electrons. The SMILES string of the molecule is CC(C)CC(CN)CCN(C)Cc1ccoc1. The van der Waals surface area contributed by atoms with E-state index in [1.807, 2.05) is 12.3 Å². The highest BCUT2D eigenvalue weighted by Gasteiger charge is 2.10. The summed E-state index contributed by atoms with van der Waals surface area (Å²) in [5.74, 6) is 1.39. The highest BCUT2D eigenvalue weighted by molar-refractivity contribution is 5.04. The average Bonchev–Trinajstić information content (AvgIpc) is 2.76. The summed E-state index contributed by atoms with van der Waals surface area (Å²) < 4.78 is 5.07. The van der Waals surface area contributed by atoms with Gasteiger partial charge in [0.2, 0.25) is 0 Å². The van der Waals surface area contributed by atoms with Crippen molar-refractivity contribution >= 4 is 0 Å². The van der Waals surface area contributed by atoms with Crippen molar-refractivity contribution in [2.24, 2.45) is 17.6 Å². The van der Waals surface area contributed by atoms with Crippen LogP contribution in [-0.4, -0.2) is 25.0 Å². The summed E-state index contributed by atoms with van der Waals surface area (Å²) in [5, 5.41) is 0. The maximum Gasteiger partial charge on any atom is 0.0947 e. The Morgan fingerprint density at radius 1 is 1.41 bits per heavy atom. The molecule has 2 N–H and O–H groups in total. The normalized spacial score (nSPS) is 13.5. The van der Waals surface area contributed by atoms with Gasteiger partial charge in [0.1, 0.15) is 0 Å². The van der Waals surface area contributed by atoms with Crippen LogP contribution in [-0.2, 0) is 6.54 Å². The summed E-state index contributed by atoms with van der Waals surface area (Å²) >= 11 is 0. The molecular weight excluding hydrogens is 212 g/mol. The van der Waals surface area contributed by atoms with E-state index in [1.54, 1.807) is 6.26 Å². The van der Waals surface area contributed by atoms with Gasteiger partial charge in [0, 0.05) is 12.1 Å². The zero-order valence-corrected chi connectivity index (χ0v) is 11.4. The molecule has 1 rings (SSSR count). The van der Waals surface area contributed by atoms with E-state index < -0.39 is 0 Å². The van der Waals surface area contributed by atoms with Gasteiger partial charge in [-0.05, 0) is 50.9 Å². The van der Waals surface area contributed by atoms with E-state index in [0.29, 0.717) is 5.92 Å². The van der Waals surface area contributed by atoms with Crippen LogP contribution in [0.3, 0.4) is 0 Å². The van der Waals surface area contributed by atoms with Crippen molar-refractivity contribution in [1.82, 2.24) is 4.90 Å². The zero-order valence-electron chi connectivity index (χ0n) is 11.4. The Morgan fingerprint density at radius 2 is 2.18 bits per heavy atom. The van der Waals surface area contributed by atoms with Gasteiger partial charge in [0.05, 0.1) is 12.5 Å². The van der Waals surface area contributed by atoms with E-state index in [1.165, 1.54) is 18.4 Å². The number of rotatable bonds is 8. The molecule has 0 aliphatic heterocycles. The lowest BCUT2D eigenvalue weighted by molar-refractivity contribution is 0.278. The van der Waals surface area contributed by atoms with Crippen molar-refractivity contribution in [3.63, 3.8) is 0 Å². The van der Waals surface area contributed by atoms with E-state index in [0.717, 1.165) is 25.6 Å². The monoisotopic (exact) mass is 238 g/mol. The minimum atomic E-state index is 0.654.